The van der Waals surface area contributed by atoms with Crippen molar-refractivity contribution in [2.24, 2.45) is 7.05 Å². The van der Waals surface area contributed by atoms with Crippen LogP contribution in [0, 0.1) is 0 Å². The van der Waals surface area contributed by atoms with Gasteiger partial charge in [0.05, 0.1) is 32.2 Å². The molecule has 2 aromatic heterocycles. The molecule has 1 aromatic carbocycles. The van der Waals surface area contributed by atoms with Crippen LogP contribution in [0.2, 0.25) is 0 Å². The third-order valence-corrected chi connectivity index (χ3v) is 4.86. The Bertz CT molecular complexity index is 803. The molecule has 2 heterocycles. The Hall–Kier alpha value is -1.59. The molecule has 20 heavy (non-hydrogen) atoms. The third-order valence-electron chi connectivity index (χ3n) is 3.24. The summed E-state index contributed by atoms with van der Waals surface area (Å²) >= 11 is 4.83. The van der Waals surface area contributed by atoms with Gasteiger partial charge in [-0.05, 0) is 40.2 Å². The molecule has 0 N–H and O–H groups in total. The number of rotatable bonds is 3. The number of methoxy groups -OCH3 is 1. The topological polar surface area (TPSA) is 31.2 Å². The van der Waals surface area contributed by atoms with Gasteiger partial charge < -0.3 is 9.30 Å². The SMILES string of the molecule is COc1cccc2c1c(C(=O)c1ccc(Br)s1)cn2C. The summed E-state index contributed by atoms with van der Waals surface area (Å²) in [5.74, 6) is 0.748. The monoisotopic (exact) mass is 349 g/mol. The molecule has 0 atom stereocenters. The minimum atomic E-state index is 0.0239. The smallest absolute Gasteiger partial charge is 0.205 e. The molecule has 0 saturated heterocycles. The molecule has 0 bridgehead atoms. The third kappa shape index (κ3) is 2.07. The second-order valence-corrected chi connectivity index (χ2v) is 6.90. The van der Waals surface area contributed by atoms with Crippen LogP contribution < -0.4 is 4.74 Å². The number of hydrogen-bond donors (Lipinski definition) is 0. The molecule has 3 aromatic rings. The van der Waals surface area contributed by atoms with E-state index in [0.717, 1.165) is 25.3 Å². The molecular weight excluding hydrogens is 338 g/mol. The summed E-state index contributed by atoms with van der Waals surface area (Å²) in [5.41, 5.74) is 1.66. The van der Waals surface area contributed by atoms with Gasteiger partial charge in [-0.15, -0.1) is 11.3 Å². The Labute approximate surface area is 128 Å². The van der Waals surface area contributed by atoms with Gasteiger partial charge in [-0.2, -0.15) is 0 Å². The fourth-order valence-corrected chi connectivity index (χ4v) is 3.66. The number of ether oxygens (including phenoxy) is 1. The molecular formula is C15H12BrNO2S. The summed E-state index contributed by atoms with van der Waals surface area (Å²) in [6.45, 7) is 0. The van der Waals surface area contributed by atoms with E-state index in [1.54, 1.807) is 7.11 Å². The fraction of sp³-hybridized carbons (Fsp3) is 0.133. The van der Waals surface area contributed by atoms with E-state index >= 15 is 0 Å². The molecule has 0 aliphatic heterocycles. The number of aromatic nitrogens is 1. The Balaban J connectivity index is 2.23. The highest BCUT2D eigenvalue weighted by molar-refractivity contribution is 9.11. The molecule has 3 nitrogen and oxygen atoms in total. The van der Waals surface area contributed by atoms with E-state index in [2.05, 4.69) is 15.9 Å². The summed E-state index contributed by atoms with van der Waals surface area (Å²) in [6.07, 6.45) is 1.86. The van der Waals surface area contributed by atoms with Crippen LogP contribution in [0.4, 0.5) is 0 Å². The number of benzene rings is 1. The average Bonchev–Trinajstić information content (AvgIpc) is 3.02. The number of aryl methyl sites for hydroxylation is 1. The fourth-order valence-electron chi connectivity index (χ4n) is 2.32. The lowest BCUT2D eigenvalue weighted by Gasteiger charge is -2.04. The first kappa shape index (κ1) is 13.4. The highest BCUT2D eigenvalue weighted by atomic mass is 79.9. The molecule has 0 aliphatic rings. The van der Waals surface area contributed by atoms with Gasteiger partial charge in [-0.1, -0.05) is 6.07 Å². The molecule has 3 rings (SSSR count). The van der Waals surface area contributed by atoms with Crippen molar-refractivity contribution < 1.29 is 9.53 Å². The lowest BCUT2D eigenvalue weighted by molar-refractivity contribution is 0.104. The summed E-state index contributed by atoms with van der Waals surface area (Å²) in [7, 11) is 3.56. The van der Waals surface area contributed by atoms with E-state index in [1.165, 1.54) is 11.3 Å². The summed E-state index contributed by atoms with van der Waals surface area (Å²) in [5, 5.41) is 0.868. The first-order valence-corrected chi connectivity index (χ1v) is 7.65. The highest BCUT2D eigenvalue weighted by Crippen LogP contribution is 2.33. The quantitative estimate of drug-likeness (QED) is 0.662. The van der Waals surface area contributed by atoms with Gasteiger partial charge >= 0.3 is 0 Å². The van der Waals surface area contributed by atoms with E-state index in [1.807, 2.05) is 48.1 Å². The number of carbonyl (C=O) groups is 1. The van der Waals surface area contributed by atoms with Gasteiger partial charge in [0.2, 0.25) is 5.78 Å². The second kappa shape index (κ2) is 5.07. The van der Waals surface area contributed by atoms with Crippen molar-refractivity contribution in [1.29, 1.82) is 0 Å². The van der Waals surface area contributed by atoms with Gasteiger partial charge in [0.15, 0.2) is 0 Å². The van der Waals surface area contributed by atoms with Crippen molar-refractivity contribution >= 4 is 44.0 Å². The molecule has 0 radical (unpaired) electrons. The zero-order valence-corrected chi connectivity index (χ0v) is 13.4. The lowest BCUT2D eigenvalue weighted by atomic mass is 10.1. The molecule has 0 aliphatic carbocycles. The summed E-state index contributed by atoms with van der Waals surface area (Å²) in [6, 6.07) is 9.52. The maximum Gasteiger partial charge on any atom is 0.205 e. The molecule has 102 valence electrons. The van der Waals surface area contributed by atoms with E-state index in [0.29, 0.717) is 5.56 Å². The zero-order valence-electron chi connectivity index (χ0n) is 11.0. The Morgan fingerprint density at radius 3 is 2.75 bits per heavy atom. The largest absolute Gasteiger partial charge is 0.496 e. The maximum atomic E-state index is 12.7. The van der Waals surface area contributed by atoms with Gasteiger partial charge in [0, 0.05) is 13.2 Å². The normalized spacial score (nSPS) is 10.9. The molecule has 5 heteroatoms. The number of ketones is 1. The highest BCUT2D eigenvalue weighted by Gasteiger charge is 2.19. The van der Waals surface area contributed by atoms with Crippen LogP contribution in [-0.4, -0.2) is 17.5 Å². The van der Waals surface area contributed by atoms with Gasteiger partial charge in [0.25, 0.3) is 0 Å². The first-order chi connectivity index (χ1) is 9.61. The Morgan fingerprint density at radius 1 is 1.30 bits per heavy atom. The number of fused-ring (bicyclic) bond motifs is 1. The minimum Gasteiger partial charge on any atom is -0.496 e. The first-order valence-electron chi connectivity index (χ1n) is 6.04. The molecule has 0 unspecified atom stereocenters. The molecule has 0 fully saturated rings. The molecule has 0 spiro atoms. The number of thiophene rings is 1. The predicted molar refractivity (Wildman–Crippen MR) is 84.9 cm³/mol. The van der Waals surface area contributed by atoms with Crippen molar-refractivity contribution in [3.05, 3.63) is 50.8 Å². The average molecular weight is 350 g/mol. The van der Waals surface area contributed by atoms with E-state index in [-0.39, 0.29) is 5.78 Å². The number of carbonyl (C=O) groups excluding carboxylic acids is 1. The number of nitrogens with zero attached hydrogens (tertiary/aromatic N) is 1. The minimum absolute atomic E-state index is 0.0239. The Kier molecular flexibility index (Phi) is 3.40. The van der Waals surface area contributed by atoms with Crippen LogP contribution in [0.15, 0.2) is 40.3 Å². The van der Waals surface area contributed by atoms with Crippen LogP contribution >= 0.6 is 27.3 Å². The van der Waals surface area contributed by atoms with E-state index in [4.69, 9.17) is 4.74 Å². The van der Waals surface area contributed by atoms with Crippen LogP contribution in [0.5, 0.6) is 5.75 Å². The van der Waals surface area contributed by atoms with Crippen molar-refractivity contribution in [3.63, 3.8) is 0 Å². The van der Waals surface area contributed by atoms with Crippen molar-refractivity contribution in [2.45, 2.75) is 0 Å². The van der Waals surface area contributed by atoms with Crippen molar-refractivity contribution in [1.82, 2.24) is 4.57 Å². The lowest BCUT2D eigenvalue weighted by Crippen LogP contribution is -1.98. The second-order valence-electron chi connectivity index (χ2n) is 4.44. The van der Waals surface area contributed by atoms with Crippen molar-refractivity contribution in [2.75, 3.05) is 7.11 Å². The molecule has 0 amide bonds. The molecule has 0 saturated carbocycles. The summed E-state index contributed by atoms with van der Waals surface area (Å²) in [4.78, 5) is 13.4. The number of halogens is 1. The Morgan fingerprint density at radius 2 is 2.10 bits per heavy atom. The van der Waals surface area contributed by atoms with Gasteiger partial charge in [-0.3, -0.25) is 4.79 Å². The van der Waals surface area contributed by atoms with Crippen LogP contribution in [0.1, 0.15) is 15.2 Å². The van der Waals surface area contributed by atoms with Crippen LogP contribution in [0.25, 0.3) is 10.9 Å². The van der Waals surface area contributed by atoms with E-state index < -0.39 is 0 Å². The van der Waals surface area contributed by atoms with Gasteiger partial charge in [0.1, 0.15) is 5.75 Å². The number of hydrogen-bond acceptors (Lipinski definition) is 3. The maximum absolute atomic E-state index is 12.7. The van der Waals surface area contributed by atoms with E-state index in [9.17, 15) is 4.79 Å². The van der Waals surface area contributed by atoms with Crippen LogP contribution in [-0.2, 0) is 7.05 Å². The summed E-state index contributed by atoms with van der Waals surface area (Å²) < 4.78 is 8.31. The standard InChI is InChI=1S/C15H12BrNO2S/c1-17-8-9(15(18)12-6-7-13(16)20-12)14-10(17)4-3-5-11(14)19-2/h3-8H,1-2H3. The zero-order chi connectivity index (χ0) is 14.3. The van der Waals surface area contributed by atoms with Crippen LogP contribution in [0.3, 0.4) is 0 Å². The van der Waals surface area contributed by atoms with Gasteiger partial charge in [-0.25, -0.2) is 0 Å². The predicted octanol–water partition coefficient (Wildman–Crippen LogP) is 4.24. The van der Waals surface area contributed by atoms with Crippen molar-refractivity contribution in [3.8, 4) is 5.75 Å².